The Labute approximate surface area is 98.7 Å². The van der Waals surface area contributed by atoms with Crippen molar-refractivity contribution >= 4 is 0 Å². The van der Waals surface area contributed by atoms with E-state index >= 15 is 0 Å². The smallest absolute Gasteiger partial charge is 0.0807 e. The fraction of sp³-hybridized carbons (Fsp3) is 0.643. The highest BCUT2D eigenvalue weighted by molar-refractivity contribution is 5.23. The van der Waals surface area contributed by atoms with Crippen molar-refractivity contribution in [1.29, 1.82) is 0 Å². The summed E-state index contributed by atoms with van der Waals surface area (Å²) in [6.45, 7) is 8.37. The van der Waals surface area contributed by atoms with Crippen molar-refractivity contribution in [2.24, 2.45) is 5.92 Å². The molecule has 2 nitrogen and oxygen atoms in total. The summed E-state index contributed by atoms with van der Waals surface area (Å²) in [5.41, 5.74) is 2.95. The van der Waals surface area contributed by atoms with Gasteiger partial charge in [0.2, 0.25) is 0 Å². The number of hydrogen-bond acceptors (Lipinski definition) is 2. The minimum Gasteiger partial charge on any atom is -0.388 e. The standard InChI is InChI=1S/C14H23NO/c1-10(2)6-5-7-14(16)13-9-8-11(3)15-12(13)4/h8-10,14,16H,5-7H2,1-4H3. The van der Waals surface area contributed by atoms with E-state index in [1.165, 1.54) is 6.42 Å². The first-order chi connectivity index (χ1) is 7.50. The van der Waals surface area contributed by atoms with Gasteiger partial charge in [0, 0.05) is 17.0 Å². The van der Waals surface area contributed by atoms with Crippen LogP contribution in [0.2, 0.25) is 0 Å². The zero-order valence-electron chi connectivity index (χ0n) is 10.8. The van der Waals surface area contributed by atoms with Gasteiger partial charge in [0.05, 0.1) is 6.10 Å². The fourth-order valence-corrected chi connectivity index (χ4v) is 1.92. The van der Waals surface area contributed by atoms with Gasteiger partial charge >= 0.3 is 0 Å². The summed E-state index contributed by atoms with van der Waals surface area (Å²) in [5, 5.41) is 10.1. The first kappa shape index (κ1) is 13.2. The lowest BCUT2D eigenvalue weighted by Gasteiger charge is -2.14. The van der Waals surface area contributed by atoms with Crippen LogP contribution in [0.15, 0.2) is 12.1 Å². The molecule has 2 heteroatoms. The van der Waals surface area contributed by atoms with Gasteiger partial charge in [0.1, 0.15) is 0 Å². The SMILES string of the molecule is Cc1ccc(C(O)CCCC(C)C)c(C)n1. The second-order valence-electron chi connectivity index (χ2n) is 4.97. The number of aromatic nitrogens is 1. The number of hydrogen-bond donors (Lipinski definition) is 1. The van der Waals surface area contributed by atoms with Gasteiger partial charge in [-0.25, -0.2) is 0 Å². The fourth-order valence-electron chi connectivity index (χ4n) is 1.92. The molecule has 0 bridgehead atoms. The molecule has 0 aliphatic rings. The molecule has 90 valence electrons. The lowest BCUT2D eigenvalue weighted by Crippen LogP contribution is -2.03. The number of rotatable bonds is 5. The monoisotopic (exact) mass is 221 g/mol. The van der Waals surface area contributed by atoms with Crippen LogP contribution in [0.1, 0.15) is 56.2 Å². The normalized spacial score (nSPS) is 13.1. The first-order valence-electron chi connectivity index (χ1n) is 6.13. The third-order valence-corrected chi connectivity index (χ3v) is 2.88. The van der Waals surface area contributed by atoms with Crippen LogP contribution in [0.3, 0.4) is 0 Å². The molecule has 0 fully saturated rings. The van der Waals surface area contributed by atoms with Crippen LogP contribution in [-0.2, 0) is 0 Å². The van der Waals surface area contributed by atoms with E-state index in [0.717, 1.165) is 29.8 Å². The van der Waals surface area contributed by atoms with Crippen LogP contribution in [0.25, 0.3) is 0 Å². The maximum Gasteiger partial charge on any atom is 0.0807 e. The summed E-state index contributed by atoms with van der Waals surface area (Å²) in [6.07, 6.45) is 2.73. The molecule has 1 N–H and O–H groups in total. The van der Waals surface area contributed by atoms with Gasteiger partial charge in [-0.05, 0) is 32.3 Å². The Morgan fingerprint density at radius 2 is 1.88 bits per heavy atom. The summed E-state index contributed by atoms with van der Waals surface area (Å²) >= 11 is 0. The van der Waals surface area contributed by atoms with Crippen LogP contribution in [0.5, 0.6) is 0 Å². The molecule has 0 aliphatic heterocycles. The average Bonchev–Trinajstić information content (AvgIpc) is 2.16. The Morgan fingerprint density at radius 1 is 1.19 bits per heavy atom. The summed E-state index contributed by atoms with van der Waals surface area (Å²) in [5.74, 6) is 0.712. The first-order valence-corrected chi connectivity index (χ1v) is 6.13. The van der Waals surface area contributed by atoms with E-state index in [0.29, 0.717) is 5.92 Å². The topological polar surface area (TPSA) is 33.1 Å². The third kappa shape index (κ3) is 3.93. The number of aliphatic hydroxyl groups is 1. The maximum absolute atomic E-state index is 10.1. The van der Waals surface area contributed by atoms with E-state index in [4.69, 9.17) is 0 Å². The van der Waals surface area contributed by atoms with Crippen LogP contribution in [0, 0.1) is 19.8 Å². The quantitative estimate of drug-likeness (QED) is 0.824. The number of pyridine rings is 1. The Balaban J connectivity index is 2.55. The van der Waals surface area contributed by atoms with Crippen molar-refractivity contribution < 1.29 is 5.11 Å². The molecule has 0 saturated heterocycles. The number of aliphatic hydroxyl groups excluding tert-OH is 1. The molecule has 1 aromatic rings. The van der Waals surface area contributed by atoms with Crippen LogP contribution in [-0.4, -0.2) is 10.1 Å². The summed E-state index contributed by atoms with van der Waals surface area (Å²) in [6, 6.07) is 3.96. The van der Waals surface area contributed by atoms with Gasteiger partial charge in [0.15, 0.2) is 0 Å². The van der Waals surface area contributed by atoms with Gasteiger partial charge in [-0.1, -0.05) is 32.8 Å². The highest BCUT2D eigenvalue weighted by Gasteiger charge is 2.11. The van der Waals surface area contributed by atoms with E-state index in [2.05, 4.69) is 18.8 Å². The van der Waals surface area contributed by atoms with Gasteiger partial charge in [-0.3, -0.25) is 4.98 Å². The Morgan fingerprint density at radius 3 is 2.44 bits per heavy atom. The molecule has 0 aliphatic carbocycles. The Hall–Kier alpha value is -0.890. The third-order valence-electron chi connectivity index (χ3n) is 2.88. The molecule has 1 aromatic heterocycles. The largest absolute Gasteiger partial charge is 0.388 e. The molecule has 0 aromatic carbocycles. The molecule has 0 radical (unpaired) electrons. The summed E-state index contributed by atoms with van der Waals surface area (Å²) in [7, 11) is 0. The molecule has 1 rings (SSSR count). The molecular formula is C14H23NO. The Bertz CT molecular complexity index is 334. The van der Waals surface area contributed by atoms with Crippen molar-refractivity contribution in [3.63, 3.8) is 0 Å². The average molecular weight is 221 g/mol. The zero-order valence-corrected chi connectivity index (χ0v) is 10.8. The second kappa shape index (κ2) is 6.00. The summed E-state index contributed by atoms with van der Waals surface area (Å²) in [4.78, 5) is 4.38. The number of nitrogens with zero attached hydrogens (tertiary/aromatic N) is 1. The van der Waals surface area contributed by atoms with E-state index in [1.54, 1.807) is 0 Å². The van der Waals surface area contributed by atoms with Gasteiger partial charge in [-0.2, -0.15) is 0 Å². The van der Waals surface area contributed by atoms with Crippen molar-refractivity contribution in [3.8, 4) is 0 Å². The van der Waals surface area contributed by atoms with Crippen LogP contribution >= 0.6 is 0 Å². The van der Waals surface area contributed by atoms with E-state index < -0.39 is 0 Å². The molecule has 1 atom stereocenters. The lowest BCUT2D eigenvalue weighted by molar-refractivity contribution is 0.161. The predicted octanol–water partition coefficient (Wildman–Crippen LogP) is 3.56. The number of aryl methyl sites for hydroxylation is 2. The van der Waals surface area contributed by atoms with E-state index in [1.807, 2.05) is 26.0 Å². The van der Waals surface area contributed by atoms with Crippen molar-refractivity contribution in [2.45, 2.75) is 53.1 Å². The highest BCUT2D eigenvalue weighted by Crippen LogP contribution is 2.22. The molecule has 0 saturated carbocycles. The lowest BCUT2D eigenvalue weighted by atomic mass is 9.99. The van der Waals surface area contributed by atoms with E-state index in [-0.39, 0.29) is 6.10 Å². The zero-order chi connectivity index (χ0) is 12.1. The molecule has 16 heavy (non-hydrogen) atoms. The van der Waals surface area contributed by atoms with Crippen LogP contribution in [0.4, 0.5) is 0 Å². The Kier molecular flexibility index (Phi) is 4.94. The van der Waals surface area contributed by atoms with Crippen molar-refractivity contribution in [1.82, 2.24) is 4.98 Å². The molecule has 1 unspecified atom stereocenters. The minimum absolute atomic E-state index is 0.355. The predicted molar refractivity (Wildman–Crippen MR) is 67.4 cm³/mol. The minimum atomic E-state index is -0.355. The van der Waals surface area contributed by atoms with E-state index in [9.17, 15) is 5.11 Å². The molecule has 0 amide bonds. The van der Waals surface area contributed by atoms with Crippen molar-refractivity contribution in [2.75, 3.05) is 0 Å². The van der Waals surface area contributed by atoms with Crippen LogP contribution < -0.4 is 0 Å². The summed E-state index contributed by atoms with van der Waals surface area (Å²) < 4.78 is 0. The highest BCUT2D eigenvalue weighted by atomic mass is 16.3. The second-order valence-corrected chi connectivity index (χ2v) is 4.97. The molecule has 0 spiro atoms. The van der Waals surface area contributed by atoms with Gasteiger partial charge in [-0.15, -0.1) is 0 Å². The van der Waals surface area contributed by atoms with Crippen molar-refractivity contribution in [3.05, 3.63) is 29.1 Å². The molecule has 1 heterocycles. The molecular weight excluding hydrogens is 198 g/mol. The van der Waals surface area contributed by atoms with Gasteiger partial charge in [0.25, 0.3) is 0 Å². The van der Waals surface area contributed by atoms with Gasteiger partial charge < -0.3 is 5.11 Å². The maximum atomic E-state index is 10.1.